The number of hydrogen-bond donors (Lipinski definition) is 1. The van der Waals surface area contributed by atoms with Gasteiger partial charge in [0.15, 0.2) is 5.76 Å². The highest BCUT2D eigenvalue weighted by Crippen LogP contribution is 2.31. The van der Waals surface area contributed by atoms with Gasteiger partial charge in [-0.1, -0.05) is 5.16 Å². The minimum Gasteiger partial charge on any atom is -0.382 e. The molecule has 4 rings (SSSR count). The molecule has 0 radical (unpaired) electrons. The fourth-order valence-corrected chi connectivity index (χ4v) is 3.38. The van der Waals surface area contributed by atoms with Crippen LogP contribution in [0.4, 0.5) is 11.8 Å². The van der Waals surface area contributed by atoms with Gasteiger partial charge in [-0.25, -0.2) is 15.0 Å². The molecule has 1 fully saturated rings. The van der Waals surface area contributed by atoms with Crippen LogP contribution in [0.3, 0.4) is 0 Å². The van der Waals surface area contributed by atoms with E-state index in [4.69, 9.17) is 19.0 Å². The summed E-state index contributed by atoms with van der Waals surface area (Å²) in [6.45, 7) is 9.18. The van der Waals surface area contributed by atoms with Crippen LogP contribution in [0.25, 0.3) is 22.6 Å². The number of rotatable bonds is 9. The predicted molar refractivity (Wildman–Crippen MR) is 118 cm³/mol. The number of morpholine rings is 1. The molecule has 9 nitrogen and oxygen atoms in total. The Morgan fingerprint density at radius 3 is 2.74 bits per heavy atom. The van der Waals surface area contributed by atoms with Crippen LogP contribution >= 0.6 is 0 Å². The van der Waals surface area contributed by atoms with Crippen molar-refractivity contribution >= 4 is 11.8 Å². The highest BCUT2D eigenvalue weighted by molar-refractivity contribution is 5.78. The van der Waals surface area contributed by atoms with E-state index in [0.29, 0.717) is 18.3 Å². The van der Waals surface area contributed by atoms with E-state index in [-0.39, 0.29) is 0 Å². The predicted octanol–water partition coefficient (Wildman–Crippen LogP) is 3.18. The van der Waals surface area contributed by atoms with Crippen LogP contribution in [-0.2, 0) is 9.47 Å². The van der Waals surface area contributed by atoms with Crippen molar-refractivity contribution in [3.63, 3.8) is 0 Å². The number of ether oxygens (including phenoxy) is 2. The number of aromatic nitrogens is 4. The van der Waals surface area contributed by atoms with Crippen molar-refractivity contribution in [1.82, 2.24) is 20.1 Å². The number of nitrogens with one attached hydrogen (secondary N) is 1. The molecule has 0 bridgehead atoms. The molecule has 0 aliphatic carbocycles. The van der Waals surface area contributed by atoms with Gasteiger partial charge in [-0.15, -0.1) is 0 Å². The summed E-state index contributed by atoms with van der Waals surface area (Å²) in [5.41, 5.74) is 3.22. The highest BCUT2D eigenvalue weighted by atomic mass is 16.5. The lowest BCUT2D eigenvalue weighted by molar-refractivity contribution is 0.122. The first kappa shape index (κ1) is 21.2. The van der Waals surface area contributed by atoms with Gasteiger partial charge in [-0.3, -0.25) is 0 Å². The van der Waals surface area contributed by atoms with Crippen LogP contribution in [0, 0.1) is 6.92 Å². The molecule has 4 heterocycles. The van der Waals surface area contributed by atoms with E-state index in [0.717, 1.165) is 74.2 Å². The number of anilines is 2. The van der Waals surface area contributed by atoms with Gasteiger partial charge >= 0.3 is 0 Å². The van der Waals surface area contributed by atoms with E-state index in [1.165, 1.54) is 0 Å². The second-order valence-corrected chi connectivity index (χ2v) is 7.27. The van der Waals surface area contributed by atoms with Gasteiger partial charge in [0.25, 0.3) is 0 Å². The Labute approximate surface area is 181 Å². The lowest BCUT2D eigenvalue weighted by Gasteiger charge is -2.27. The van der Waals surface area contributed by atoms with Gasteiger partial charge in [-0.05, 0) is 32.4 Å². The maximum Gasteiger partial charge on any atom is 0.223 e. The van der Waals surface area contributed by atoms with Crippen molar-refractivity contribution in [3.8, 4) is 22.6 Å². The lowest BCUT2D eigenvalue weighted by atomic mass is 10.1. The van der Waals surface area contributed by atoms with Crippen LogP contribution in [0.1, 0.15) is 19.0 Å². The van der Waals surface area contributed by atoms with Crippen LogP contribution in [0.15, 0.2) is 35.1 Å². The molecule has 0 amide bonds. The number of aryl methyl sites for hydroxylation is 1. The van der Waals surface area contributed by atoms with Crippen LogP contribution in [0.2, 0.25) is 0 Å². The zero-order valence-corrected chi connectivity index (χ0v) is 18.0. The monoisotopic (exact) mass is 424 g/mol. The second-order valence-electron chi connectivity index (χ2n) is 7.27. The van der Waals surface area contributed by atoms with E-state index in [2.05, 4.69) is 25.3 Å². The number of hydrogen-bond acceptors (Lipinski definition) is 9. The molecule has 0 spiro atoms. The standard InChI is InChI=1S/C22H28N6O3/c1-3-29-10-4-7-23-22-25-15-18(19-13-16(2)27-31-19)21(26-22)17-5-6-20(24-14-17)28-8-11-30-12-9-28/h5-6,13-15H,3-4,7-12H2,1-2H3,(H,23,25,26). The maximum absolute atomic E-state index is 5.49. The summed E-state index contributed by atoms with van der Waals surface area (Å²) >= 11 is 0. The zero-order valence-electron chi connectivity index (χ0n) is 18.0. The molecule has 1 N–H and O–H groups in total. The molecule has 31 heavy (non-hydrogen) atoms. The fourth-order valence-electron chi connectivity index (χ4n) is 3.38. The van der Waals surface area contributed by atoms with Crippen molar-refractivity contribution in [2.45, 2.75) is 20.3 Å². The molecule has 1 saturated heterocycles. The van der Waals surface area contributed by atoms with Gasteiger partial charge in [0.05, 0.1) is 30.2 Å². The van der Waals surface area contributed by atoms with Gasteiger partial charge in [0, 0.05) is 56.9 Å². The third-order valence-corrected chi connectivity index (χ3v) is 4.99. The summed E-state index contributed by atoms with van der Waals surface area (Å²) in [6.07, 6.45) is 4.49. The van der Waals surface area contributed by atoms with E-state index in [1.54, 1.807) is 6.20 Å². The van der Waals surface area contributed by atoms with Crippen molar-refractivity contribution in [1.29, 1.82) is 0 Å². The Kier molecular flexibility index (Phi) is 7.06. The maximum atomic E-state index is 5.49. The van der Waals surface area contributed by atoms with E-state index >= 15 is 0 Å². The van der Waals surface area contributed by atoms with Crippen molar-refractivity contribution in [2.24, 2.45) is 0 Å². The summed E-state index contributed by atoms with van der Waals surface area (Å²) in [5.74, 6) is 2.13. The molecule has 0 atom stereocenters. The fraction of sp³-hybridized carbons (Fsp3) is 0.455. The quantitative estimate of drug-likeness (QED) is 0.519. The highest BCUT2D eigenvalue weighted by Gasteiger charge is 2.17. The molecule has 0 aromatic carbocycles. The van der Waals surface area contributed by atoms with Crippen LogP contribution < -0.4 is 10.2 Å². The Morgan fingerprint density at radius 2 is 2.03 bits per heavy atom. The molecule has 3 aromatic heterocycles. The van der Waals surface area contributed by atoms with Gasteiger partial charge < -0.3 is 24.2 Å². The minimum absolute atomic E-state index is 0.559. The Morgan fingerprint density at radius 1 is 1.16 bits per heavy atom. The molecule has 3 aromatic rings. The smallest absolute Gasteiger partial charge is 0.223 e. The average molecular weight is 425 g/mol. The lowest BCUT2D eigenvalue weighted by Crippen LogP contribution is -2.36. The second kappa shape index (κ2) is 10.3. The molecule has 164 valence electrons. The van der Waals surface area contributed by atoms with E-state index in [9.17, 15) is 0 Å². The van der Waals surface area contributed by atoms with E-state index < -0.39 is 0 Å². The van der Waals surface area contributed by atoms with Gasteiger partial charge in [0.1, 0.15) is 5.82 Å². The van der Waals surface area contributed by atoms with Crippen molar-refractivity contribution in [3.05, 3.63) is 36.3 Å². The van der Waals surface area contributed by atoms with Crippen LogP contribution in [-0.4, -0.2) is 66.2 Å². The normalized spacial score (nSPS) is 14.1. The topological polar surface area (TPSA) is 98.4 Å². The molecular weight excluding hydrogens is 396 g/mol. The largest absolute Gasteiger partial charge is 0.382 e. The van der Waals surface area contributed by atoms with Gasteiger partial charge in [0.2, 0.25) is 5.95 Å². The third-order valence-electron chi connectivity index (χ3n) is 4.99. The Balaban J connectivity index is 1.59. The first-order chi connectivity index (χ1) is 15.2. The summed E-state index contributed by atoms with van der Waals surface area (Å²) in [7, 11) is 0. The Bertz CT molecular complexity index is 970. The zero-order chi connectivity index (χ0) is 21.5. The molecule has 0 saturated carbocycles. The van der Waals surface area contributed by atoms with Crippen LogP contribution in [0.5, 0.6) is 0 Å². The molecule has 1 aliphatic heterocycles. The average Bonchev–Trinajstić information content (AvgIpc) is 3.25. The summed E-state index contributed by atoms with van der Waals surface area (Å²) in [5, 5.41) is 7.28. The molecule has 9 heteroatoms. The SMILES string of the molecule is CCOCCCNc1ncc(-c2cc(C)no2)c(-c2ccc(N3CCOCC3)nc2)n1. The van der Waals surface area contributed by atoms with E-state index in [1.807, 2.05) is 38.2 Å². The molecule has 1 aliphatic rings. The summed E-state index contributed by atoms with van der Waals surface area (Å²) in [4.78, 5) is 16.1. The first-order valence-electron chi connectivity index (χ1n) is 10.7. The number of nitrogens with zero attached hydrogens (tertiary/aromatic N) is 5. The first-order valence-corrected chi connectivity index (χ1v) is 10.7. The summed E-state index contributed by atoms with van der Waals surface area (Å²) in [6, 6.07) is 5.94. The third kappa shape index (κ3) is 5.36. The minimum atomic E-state index is 0.559. The molecule has 0 unspecified atom stereocenters. The van der Waals surface area contributed by atoms with Crippen molar-refractivity contribution < 1.29 is 14.0 Å². The number of pyridine rings is 1. The summed E-state index contributed by atoms with van der Waals surface area (Å²) < 4.78 is 16.3. The van der Waals surface area contributed by atoms with Crippen molar-refractivity contribution in [2.75, 3.05) is 56.3 Å². The molecular formula is C22H28N6O3. The Hall–Kier alpha value is -3.04. The van der Waals surface area contributed by atoms with Gasteiger partial charge in [-0.2, -0.15) is 0 Å².